The lowest BCUT2D eigenvalue weighted by molar-refractivity contribution is 0.0940. The second kappa shape index (κ2) is 7.06. The highest BCUT2D eigenvalue weighted by Crippen LogP contribution is 2.14. The standard InChI is InChI=1S/C19H19FN4O3/c1-12(13-4-8-15(20)9-5-13)21-17(25)14-6-10-16(11-7-14)24-19(27)22(2)18(26)23(24)3/h4-12H,1-3H3,(H,21,25)/t12-/m0/s1. The van der Waals surface area contributed by atoms with Crippen LogP contribution in [0.15, 0.2) is 58.1 Å². The van der Waals surface area contributed by atoms with Crippen LogP contribution in [0.3, 0.4) is 0 Å². The molecule has 0 aliphatic rings. The summed E-state index contributed by atoms with van der Waals surface area (Å²) < 4.78 is 16.4. The summed E-state index contributed by atoms with van der Waals surface area (Å²) in [7, 11) is 2.90. The molecule has 1 atom stereocenters. The number of nitrogens with zero attached hydrogens (tertiary/aromatic N) is 3. The Hall–Kier alpha value is -3.42. The number of hydrogen-bond donors (Lipinski definition) is 1. The zero-order valence-corrected chi connectivity index (χ0v) is 15.1. The molecule has 1 heterocycles. The number of halogens is 1. The third kappa shape index (κ3) is 3.46. The molecular formula is C19H19FN4O3. The Kier molecular flexibility index (Phi) is 4.81. The van der Waals surface area contributed by atoms with E-state index < -0.39 is 11.4 Å². The van der Waals surface area contributed by atoms with Gasteiger partial charge in [-0.3, -0.25) is 4.79 Å². The molecule has 0 saturated carbocycles. The Morgan fingerprint density at radius 3 is 2.07 bits per heavy atom. The molecule has 27 heavy (non-hydrogen) atoms. The summed E-state index contributed by atoms with van der Waals surface area (Å²) in [5, 5.41) is 2.84. The van der Waals surface area contributed by atoms with E-state index in [0.717, 1.165) is 10.1 Å². The third-order valence-corrected chi connectivity index (χ3v) is 4.42. The molecule has 8 heteroatoms. The van der Waals surface area contributed by atoms with Crippen molar-refractivity contribution in [1.82, 2.24) is 19.2 Å². The molecule has 0 spiro atoms. The lowest BCUT2D eigenvalue weighted by Crippen LogP contribution is -2.27. The number of hydrogen-bond acceptors (Lipinski definition) is 3. The van der Waals surface area contributed by atoms with Crippen molar-refractivity contribution >= 4 is 5.91 Å². The second-order valence-electron chi connectivity index (χ2n) is 6.25. The zero-order chi connectivity index (χ0) is 19.7. The van der Waals surface area contributed by atoms with Crippen LogP contribution in [0.5, 0.6) is 0 Å². The highest BCUT2D eigenvalue weighted by atomic mass is 19.1. The number of nitrogens with one attached hydrogen (secondary N) is 1. The highest BCUT2D eigenvalue weighted by Gasteiger charge is 2.14. The van der Waals surface area contributed by atoms with E-state index >= 15 is 0 Å². The Labute approximate surface area is 154 Å². The van der Waals surface area contributed by atoms with E-state index in [1.54, 1.807) is 43.3 Å². The summed E-state index contributed by atoms with van der Waals surface area (Å²) in [6, 6.07) is 12.0. The molecule has 0 aliphatic carbocycles. The Morgan fingerprint density at radius 1 is 0.963 bits per heavy atom. The van der Waals surface area contributed by atoms with E-state index in [0.29, 0.717) is 11.3 Å². The van der Waals surface area contributed by atoms with Crippen molar-refractivity contribution in [3.05, 3.63) is 86.4 Å². The first-order chi connectivity index (χ1) is 12.8. The molecule has 3 rings (SSSR count). The Morgan fingerprint density at radius 2 is 1.56 bits per heavy atom. The van der Waals surface area contributed by atoms with E-state index in [1.807, 2.05) is 0 Å². The molecule has 140 valence electrons. The van der Waals surface area contributed by atoms with Crippen LogP contribution in [0, 0.1) is 5.82 Å². The summed E-state index contributed by atoms with van der Waals surface area (Å²) in [6.45, 7) is 1.80. The van der Waals surface area contributed by atoms with Gasteiger partial charge in [0.05, 0.1) is 11.7 Å². The van der Waals surface area contributed by atoms with Crippen molar-refractivity contribution in [2.24, 2.45) is 14.1 Å². The SMILES string of the molecule is C[C@H](NC(=O)c1ccc(-n2c(=O)n(C)c(=O)n2C)cc1)c1ccc(F)cc1. The fraction of sp³-hybridized carbons (Fsp3) is 0.211. The van der Waals surface area contributed by atoms with Gasteiger partial charge in [-0.05, 0) is 48.9 Å². The first-order valence-corrected chi connectivity index (χ1v) is 8.31. The molecule has 0 unspecified atom stereocenters. The predicted molar refractivity (Wildman–Crippen MR) is 98.5 cm³/mol. The van der Waals surface area contributed by atoms with Crippen molar-refractivity contribution in [2.45, 2.75) is 13.0 Å². The van der Waals surface area contributed by atoms with Gasteiger partial charge in [-0.1, -0.05) is 12.1 Å². The van der Waals surface area contributed by atoms with Gasteiger partial charge in [0.15, 0.2) is 0 Å². The van der Waals surface area contributed by atoms with E-state index in [-0.39, 0.29) is 17.8 Å². The topological polar surface area (TPSA) is 78.0 Å². The number of aromatic nitrogens is 3. The van der Waals surface area contributed by atoms with Crippen LogP contribution in [0.2, 0.25) is 0 Å². The monoisotopic (exact) mass is 370 g/mol. The van der Waals surface area contributed by atoms with Crippen LogP contribution in [-0.2, 0) is 14.1 Å². The molecule has 0 radical (unpaired) electrons. The largest absolute Gasteiger partial charge is 0.351 e. The summed E-state index contributed by atoms with van der Waals surface area (Å²) in [5.74, 6) is -0.633. The van der Waals surface area contributed by atoms with Gasteiger partial charge in [0, 0.05) is 19.7 Å². The molecule has 0 saturated heterocycles. The molecule has 0 fully saturated rings. The van der Waals surface area contributed by atoms with E-state index in [9.17, 15) is 18.8 Å². The van der Waals surface area contributed by atoms with Crippen molar-refractivity contribution in [1.29, 1.82) is 0 Å². The molecule has 0 bridgehead atoms. The smallest absolute Gasteiger partial charge is 0.346 e. The summed E-state index contributed by atoms with van der Waals surface area (Å²) in [6.07, 6.45) is 0. The van der Waals surface area contributed by atoms with Crippen molar-refractivity contribution in [3.8, 4) is 5.69 Å². The Bertz CT molecular complexity index is 1090. The van der Waals surface area contributed by atoms with E-state index in [2.05, 4.69) is 5.32 Å². The van der Waals surface area contributed by atoms with Gasteiger partial charge in [0.2, 0.25) is 0 Å². The number of carbonyl (C=O) groups is 1. The van der Waals surface area contributed by atoms with Crippen LogP contribution < -0.4 is 16.7 Å². The average molecular weight is 370 g/mol. The quantitative estimate of drug-likeness (QED) is 0.756. The molecule has 1 aromatic heterocycles. The lowest BCUT2D eigenvalue weighted by Gasteiger charge is -2.14. The van der Waals surface area contributed by atoms with Crippen molar-refractivity contribution in [2.75, 3.05) is 0 Å². The van der Waals surface area contributed by atoms with Gasteiger partial charge in [-0.2, -0.15) is 4.68 Å². The van der Waals surface area contributed by atoms with Gasteiger partial charge in [0.1, 0.15) is 5.82 Å². The number of carbonyl (C=O) groups excluding carboxylic acids is 1. The second-order valence-corrected chi connectivity index (χ2v) is 6.25. The number of amides is 1. The van der Waals surface area contributed by atoms with Crippen LogP contribution in [0.25, 0.3) is 5.69 Å². The maximum atomic E-state index is 13.0. The Balaban J connectivity index is 1.80. The van der Waals surface area contributed by atoms with Gasteiger partial charge < -0.3 is 5.32 Å². The van der Waals surface area contributed by atoms with E-state index in [4.69, 9.17) is 0 Å². The molecule has 0 aliphatic heterocycles. The van der Waals surface area contributed by atoms with Gasteiger partial charge in [-0.25, -0.2) is 23.2 Å². The molecule has 7 nitrogen and oxygen atoms in total. The van der Waals surface area contributed by atoms with Gasteiger partial charge in [0.25, 0.3) is 5.91 Å². The van der Waals surface area contributed by atoms with Crippen molar-refractivity contribution in [3.63, 3.8) is 0 Å². The van der Waals surface area contributed by atoms with Crippen molar-refractivity contribution < 1.29 is 9.18 Å². The predicted octanol–water partition coefficient (Wildman–Crippen LogP) is 1.50. The minimum atomic E-state index is -0.468. The van der Waals surface area contributed by atoms with Gasteiger partial charge >= 0.3 is 11.4 Å². The third-order valence-electron chi connectivity index (χ3n) is 4.42. The minimum Gasteiger partial charge on any atom is -0.346 e. The maximum absolute atomic E-state index is 13.0. The zero-order valence-electron chi connectivity index (χ0n) is 15.1. The maximum Gasteiger partial charge on any atom is 0.351 e. The van der Waals surface area contributed by atoms with Gasteiger partial charge in [-0.15, -0.1) is 0 Å². The lowest BCUT2D eigenvalue weighted by atomic mass is 10.1. The molecule has 3 aromatic rings. The molecule has 2 aromatic carbocycles. The summed E-state index contributed by atoms with van der Waals surface area (Å²) in [4.78, 5) is 36.4. The van der Waals surface area contributed by atoms with Crippen LogP contribution in [0.1, 0.15) is 28.9 Å². The minimum absolute atomic E-state index is 0.296. The number of benzene rings is 2. The van der Waals surface area contributed by atoms with Crippen LogP contribution in [-0.4, -0.2) is 19.8 Å². The normalized spacial score (nSPS) is 12.0. The summed E-state index contributed by atoms with van der Waals surface area (Å²) >= 11 is 0. The first-order valence-electron chi connectivity index (χ1n) is 8.31. The first kappa shape index (κ1) is 18.4. The highest BCUT2D eigenvalue weighted by molar-refractivity contribution is 5.94. The molecule has 1 amide bonds. The molecular weight excluding hydrogens is 351 g/mol. The fourth-order valence-corrected chi connectivity index (χ4v) is 2.81. The summed E-state index contributed by atoms with van der Waals surface area (Å²) in [5.41, 5.74) is 0.761. The molecule has 1 N–H and O–H groups in total. The van der Waals surface area contributed by atoms with Crippen LogP contribution in [0.4, 0.5) is 4.39 Å². The average Bonchev–Trinajstić information content (AvgIpc) is 2.85. The van der Waals surface area contributed by atoms with Crippen LogP contribution >= 0.6 is 0 Å². The van der Waals surface area contributed by atoms with E-state index in [1.165, 1.54) is 35.6 Å². The fourth-order valence-electron chi connectivity index (χ4n) is 2.81. The number of rotatable bonds is 4.